The minimum atomic E-state index is -0.417. The molecule has 0 aromatic heterocycles. The Morgan fingerprint density at radius 1 is 0.733 bits per heavy atom. The van der Waals surface area contributed by atoms with Crippen molar-refractivity contribution < 1.29 is 36.0 Å². The number of likely N-dealkylation sites (N-methyl/N-ethyl adjacent to an activating group) is 1. The Bertz CT molecular complexity index is 424. The normalized spacial score (nSPS) is 12.2. The Morgan fingerprint density at radius 3 is 1.77 bits per heavy atom. The summed E-state index contributed by atoms with van der Waals surface area (Å²) in [5.74, 6) is -0.452. The molecule has 0 N–H and O–H groups in total. The molecular formula is C24H48ClNO4. The van der Waals surface area contributed by atoms with Gasteiger partial charge in [-0.1, -0.05) is 78.1 Å². The van der Waals surface area contributed by atoms with Crippen molar-refractivity contribution in [3.8, 4) is 0 Å². The van der Waals surface area contributed by atoms with E-state index in [1.54, 1.807) is 0 Å². The molecule has 0 heterocycles. The van der Waals surface area contributed by atoms with Crippen LogP contribution in [0.4, 0.5) is 0 Å². The average molecular weight is 450 g/mol. The van der Waals surface area contributed by atoms with E-state index in [1.807, 2.05) is 21.1 Å². The van der Waals surface area contributed by atoms with E-state index >= 15 is 0 Å². The Morgan fingerprint density at radius 2 is 1.23 bits per heavy atom. The number of halogens is 1. The molecule has 0 unspecified atom stereocenters. The molecule has 180 valence electrons. The monoisotopic (exact) mass is 449 g/mol. The lowest BCUT2D eigenvalue weighted by Crippen LogP contribution is -3.00. The largest absolute Gasteiger partial charge is 1.00 e. The highest BCUT2D eigenvalue weighted by Gasteiger charge is 2.25. The Labute approximate surface area is 192 Å². The van der Waals surface area contributed by atoms with E-state index < -0.39 is 6.10 Å². The molecule has 5 nitrogen and oxygen atoms in total. The van der Waals surface area contributed by atoms with Gasteiger partial charge in [0.15, 0.2) is 6.10 Å². The highest BCUT2D eigenvalue weighted by atomic mass is 35.5. The second kappa shape index (κ2) is 20.1. The van der Waals surface area contributed by atoms with E-state index in [0.29, 0.717) is 24.1 Å². The summed E-state index contributed by atoms with van der Waals surface area (Å²) in [5.41, 5.74) is 0. The third-order valence-corrected chi connectivity index (χ3v) is 4.94. The van der Waals surface area contributed by atoms with Crippen LogP contribution in [-0.2, 0) is 19.1 Å². The lowest BCUT2D eigenvalue weighted by atomic mass is 10.1. The van der Waals surface area contributed by atoms with Gasteiger partial charge in [0.2, 0.25) is 0 Å². The van der Waals surface area contributed by atoms with Gasteiger partial charge < -0.3 is 26.4 Å². The quantitative estimate of drug-likeness (QED) is 0.173. The third kappa shape index (κ3) is 21.9. The van der Waals surface area contributed by atoms with Crippen molar-refractivity contribution in [1.29, 1.82) is 0 Å². The van der Waals surface area contributed by atoms with Gasteiger partial charge in [-0.05, 0) is 12.8 Å². The number of rotatable bonds is 19. The summed E-state index contributed by atoms with van der Waals surface area (Å²) >= 11 is 0. The minimum Gasteiger partial charge on any atom is -1.00 e. The standard InChI is InChI=1S/C24H48NO4.ClH/c1-6-8-10-12-14-16-18-23(26)29-22(21-25(3,4)5)20-24(27)28-19-17-15-13-11-9-7-2;/h22H,6-21H2,1-5H3;1H/q+1;/p-1/t22-;/m1./s1. The first-order valence-corrected chi connectivity index (χ1v) is 11.9. The van der Waals surface area contributed by atoms with Crippen molar-refractivity contribution >= 4 is 11.9 Å². The topological polar surface area (TPSA) is 52.6 Å². The molecular weight excluding hydrogens is 402 g/mol. The number of unbranched alkanes of at least 4 members (excludes halogenated alkanes) is 10. The van der Waals surface area contributed by atoms with Crippen LogP contribution in [-0.4, -0.2) is 56.8 Å². The minimum absolute atomic E-state index is 0. The van der Waals surface area contributed by atoms with Crippen molar-refractivity contribution in [2.45, 2.75) is 110 Å². The van der Waals surface area contributed by atoms with Crippen LogP contribution >= 0.6 is 0 Å². The zero-order valence-electron chi connectivity index (χ0n) is 20.3. The first kappa shape index (κ1) is 31.4. The fraction of sp³-hybridized carbons (Fsp3) is 0.917. The van der Waals surface area contributed by atoms with Gasteiger partial charge in [0.25, 0.3) is 0 Å². The maximum absolute atomic E-state index is 12.2. The summed E-state index contributed by atoms with van der Waals surface area (Å²) in [6.45, 7) is 5.47. The lowest BCUT2D eigenvalue weighted by Gasteiger charge is -2.28. The lowest BCUT2D eigenvalue weighted by molar-refractivity contribution is -0.873. The van der Waals surface area contributed by atoms with Crippen LogP contribution in [0.3, 0.4) is 0 Å². The zero-order chi connectivity index (χ0) is 22.0. The first-order valence-electron chi connectivity index (χ1n) is 11.9. The van der Waals surface area contributed by atoms with Gasteiger partial charge >= 0.3 is 11.9 Å². The smallest absolute Gasteiger partial charge is 0.309 e. The van der Waals surface area contributed by atoms with Crippen LogP contribution in [0.1, 0.15) is 104 Å². The molecule has 0 aromatic rings. The highest BCUT2D eigenvalue weighted by Crippen LogP contribution is 2.12. The fourth-order valence-electron chi connectivity index (χ4n) is 3.36. The summed E-state index contributed by atoms with van der Waals surface area (Å²) in [5, 5.41) is 0. The summed E-state index contributed by atoms with van der Waals surface area (Å²) in [6.07, 6.45) is 14.0. The summed E-state index contributed by atoms with van der Waals surface area (Å²) in [7, 11) is 6.11. The second-order valence-corrected chi connectivity index (χ2v) is 9.29. The Hall–Kier alpha value is -0.810. The van der Waals surface area contributed by atoms with E-state index in [0.717, 1.165) is 25.7 Å². The fourth-order valence-corrected chi connectivity index (χ4v) is 3.36. The molecule has 0 aliphatic heterocycles. The van der Waals surface area contributed by atoms with Gasteiger partial charge in [-0.2, -0.15) is 0 Å². The molecule has 0 fully saturated rings. The van der Waals surface area contributed by atoms with Crippen LogP contribution in [0.5, 0.6) is 0 Å². The van der Waals surface area contributed by atoms with Crippen LogP contribution < -0.4 is 12.4 Å². The molecule has 6 heteroatoms. The van der Waals surface area contributed by atoms with Gasteiger partial charge in [0.05, 0.1) is 34.2 Å². The van der Waals surface area contributed by atoms with Crippen molar-refractivity contribution in [1.82, 2.24) is 0 Å². The first-order chi connectivity index (χ1) is 13.8. The van der Waals surface area contributed by atoms with Crippen molar-refractivity contribution in [2.24, 2.45) is 0 Å². The predicted molar refractivity (Wildman–Crippen MR) is 120 cm³/mol. The van der Waals surface area contributed by atoms with E-state index in [4.69, 9.17) is 9.47 Å². The molecule has 0 radical (unpaired) electrons. The molecule has 1 atom stereocenters. The number of quaternary nitrogens is 1. The molecule has 0 amide bonds. The van der Waals surface area contributed by atoms with Gasteiger partial charge in [-0.15, -0.1) is 0 Å². The van der Waals surface area contributed by atoms with Crippen LogP contribution in [0, 0.1) is 0 Å². The highest BCUT2D eigenvalue weighted by molar-refractivity contribution is 5.72. The van der Waals surface area contributed by atoms with E-state index in [2.05, 4.69) is 13.8 Å². The molecule has 0 spiro atoms. The Balaban J connectivity index is 0. The van der Waals surface area contributed by atoms with Gasteiger partial charge in [-0.3, -0.25) is 9.59 Å². The van der Waals surface area contributed by atoms with Crippen molar-refractivity contribution in [3.63, 3.8) is 0 Å². The summed E-state index contributed by atoms with van der Waals surface area (Å²) < 4.78 is 11.7. The third-order valence-electron chi connectivity index (χ3n) is 4.94. The maximum atomic E-state index is 12.2. The van der Waals surface area contributed by atoms with Gasteiger partial charge in [-0.25, -0.2) is 0 Å². The molecule has 0 aliphatic carbocycles. The zero-order valence-corrected chi connectivity index (χ0v) is 21.1. The van der Waals surface area contributed by atoms with E-state index in [-0.39, 0.29) is 30.8 Å². The SMILES string of the molecule is CCCCCCCCOC(=O)C[C@H](C[N+](C)(C)C)OC(=O)CCCCCCCC.[Cl-]. The molecule has 0 aliphatic rings. The second-order valence-electron chi connectivity index (χ2n) is 9.29. The average Bonchev–Trinajstić information content (AvgIpc) is 2.62. The maximum Gasteiger partial charge on any atom is 0.309 e. The number of carbonyl (C=O) groups is 2. The number of esters is 2. The molecule has 0 saturated heterocycles. The van der Waals surface area contributed by atoms with Crippen molar-refractivity contribution in [3.05, 3.63) is 0 Å². The van der Waals surface area contributed by atoms with Gasteiger partial charge in [0.1, 0.15) is 6.54 Å². The molecule has 0 rings (SSSR count). The number of nitrogens with zero attached hydrogens (tertiary/aromatic N) is 1. The van der Waals surface area contributed by atoms with E-state index in [1.165, 1.54) is 51.4 Å². The summed E-state index contributed by atoms with van der Waals surface area (Å²) in [4.78, 5) is 24.4. The Kier molecular flexibility index (Phi) is 21.0. The van der Waals surface area contributed by atoms with Crippen molar-refractivity contribution in [2.75, 3.05) is 34.3 Å². The molecule has 0 bridgehead atoms. The molecule has 0 saturated carbocycles. The van der Waals surface area contributed by atoms with Crippen LogP contribution in [0.2, 0.25) is 0 Å². The number of hydrogen-bond donors (Lipinski definition) is 0. The van der Waals surface area contributed by atoms with E-state index in [9.17, 15) is 9.59 Å². The van der Waals surface area contributed by atoms with Crippen LogP contribution in [0.25, 0.3) is 0 Å². The number of ether oxygens (including phenoxy) is 2. The van der Waals surface area contributed by atoms with Gasteiger partial charge in [0, 0.05) is 6.42 Å². The van der Waals surface area contributed by atoms with Crippen LogP contribution in [0.15, 0.2) is 0 Å². The summed E-state index contributed by atoms with van der Waals surface area (Å²) in [6, 6.07) is 0. The number of hydrogen-bond acceptors (Lipinski definition) is 4. The molecule has 0 aromatic carbocycles. The predicted octanol–water partition coefficient (Wildman–Crippen LogP) is 2.65. The number of carbonyl (C=O) groups excluding carboxylic acids is 2. The molecule has 30 heavy (non-hydrogen) atoms.